The Bertz CT molecular complexity index is 1290. The molecule has 1 aromatic heterocycles. The number of aryl methyl sites for hydroxylation is 2. The SMILES string of the molecule is COc1ccc2c(c1)CC[C@@H]1[C@@H]2CC[C@]2(C)C(=O)/C(=C/c3cc(-c4ccccc4)n(C)n3)C[C@H]12. The Kier molecular flexibility index (Phi) is 5.02. The predicted molar refractivity (Wildman–Crippen MR) is 135 cm³/mol. The van der Waals surface area contributed by atoms with Gasteiger partial charge in [-0.3, -0.25) is 9.48 Å². The molecule has 6 rings (SSSR count). The van der Waals surface area contributed by atoms with Gasteiger partial charge in [0.2, 0.25) is 0 Å². The van der Waals surface area contributed by atoms with Crippen molar-refractivity contribution in [2.45, 2.75) is 44.9 Å². The van der Waals surface area contributed by atoms with Crippen molar-refractivity contribution in [3.63, 3.8) is 0 Å². The summed E-state index contributed by atoms with van der Waals surface area (Å²) in [6, 6.07) is 19.0. The van der Waals surface area contributed by atoms with Crippen molar-refractivity contribution in [3.8, 4) is 17.0 Å². The number of nitrogens with zero attached hydrogens (tertiary/aromatic N) is 2. The van der Waals surface area contributed by atoms with Gasteiger partial charge in [0.25, 0.3) is 0 Å². The third-order valence-electron chi connectivity index (χ3n) is 8.86. The van der Waals surface area contributed by atoms with Gasteiger partial charge in [0, 0.05) is 12.5 Å². The monoisotopic (exact) mass is 452 g/mol. The number of hydrogen-bond donors (Lipinski definition) is 0. The zero-order valence-electron chi connectivity index (χ0n) is 20.3. The molecule has 4 heteroatoms. The van der Waals surface area contributed by atoms with Crippen LogP contribution in [0.2, 0.25) is 0 Å². The Labute approximate surface area is 201 Å². The molecule has 0 radical (unpaired) electrons. The maximum Gasteiger partial charge on any atom is 0.165 e. The Morgan fingerprint density at radius 1 is 1.12 bits per heavy atom. The minimum Gasteiger partial charge on any atom is -0.497 e. The Balaban J connectivity index is 1.31. The van der Waals surface area contributed by atoms with Gasteiger partial charge in [0.15, 0.2) is 5.78 Å². The van der Waals surface area contributed by atoms with Crippen molar-refractivity contribution in [2.75, 3.05) is 7.11 Å². The Morgan fingerprint density at radius 2 is 1.94 bits per heavy atom. The summed E-state index contributed by atoms with van der Waals surface area (Å²) >= 11 is 0. The molecule has 0 spiro atoms. The molecule has 2 saturated carbocycles. The van der Waals surface area contributed by atoms with Crippen LogP contribution >= 0.6 is 0 Å². The molecule has 174 valence electrons. The average Bonchev–Trinajstić information content (AvgIpc) is 3.35. The van der Waals surface area contributed by atoms with Gasteiger partial charge in [-0.1, -0.05) is 43.3 Å². The van der Waals surface area contributed by atoms with E-state index in [2.05, 4.69) is 49.4 Å². The van der Waals surface area contributed by atoms with Crippen molar-refractivity contribution in [1.29, 1.82) is 0 Å². The fourth-order valence-electron chi connectivity index (χ4n) is 7.10. The molecule has 3 aliphatic rings. The standard InChI is InChI=1S/C30H32N2O2/c1-30-14-13-25-24-12-10-23(34-3)16-20(24)9-11-26(25)27(30)17-21(29(30)33)15-22-18-28(32(2)31-22)19-7-5-4-6-8-19/h4-8,10,12,15-16,18,25-27H,9,11,13-14,17H2,1-3H3/b21-15+/t25-,26-,27-,30+/m1/s1. The molecule has 3 aromatic rings. The van der Waals surface area contributed by atoms with Crippen LogP contribution in [0.4, 0.5) is 0 Å². The molecule has 2 fully saturated rings. The lowest BCUT2D eigenvalue weighted by Crippen LogP contribution is -2.42. The number of methoxy groups -OCH3 is 1. The van der Waals surface area contributed by atoms with Gasteiger partial charge in [0.1, 0.15) is 5.75 Å². The number of carbonyl (C=O) groups is 1. The highest BCUT2D eigenvalue weighted by molar-refractivity contribution is 6.05. The molecule has 0 aliphatic heterocycles. The number of carbonyl (C=O) groups excluding carboxylic acids is 1. The number of fused-ring (bicyclic) bond motifs is 5. The van der Waals surface area contributed by atoms with Crippen LogP contribution in [0.5, 0.6) is 5.75 Å². The highest BCUT2D eigenvalue weighted by Crippen LogP contribution is 2.60. The molecular formula is C30H32N2O2. The third-order valence-corrected chi connectivity index (χ3v) is 8.86. The van der Waals surface area contributed by atoms with E-state index >= 15 is 0 Å². The van der Waals surface area contributed by atoms with Crippen molar-refractivity contribution in [3.05, 3.63) is 77.0 Å². The number of hydrogen-bond acceptors (Lipinski definition) is 3. The summed E-state index contributed by atoms with van der Waals surface area (Å²) in [5.74, 6) is 2.84. The number of rotatable bonds is 3. The molecule has 0 amide bonds. The fraction of sp³-hybridized carbons (Fsp3) is 0.400. The minimum absolute atomic E-state index is 0.242. The van der Waals surface area contributed by atoms with Crippen molar-refractivity contribution >= 4 is 11.9 Å². The molecule has 0 unspecified atom stereocenters. The van der Waals surface area contributed by atoms with Crippen LogP contribution < -0.4 is 4.74 Å². The van der Waals surface area contributed by atoms with E-state index in [9.17, 15) is 4.79 Å². The lowest BCUT2D eigenvalue weighted by molar-refractivity contribution is -0.127. The van der Waals surface area contributed by atoms with Crippen molar-refractivity contribution in [1.82, 2.24) is 9.78 Å². The molecule has 4 atom stereocenters. The summed E-state index contributed by atoms with van der Waals surface area (Å²) in [5, 5.41) is 4.73. The maximum atomic E-state index is 13.7. The van der Waals surface area contributed by atoms with E-state index in [1.807, 2.05) is 29.9 Å². The fourth-order valence-corrected chi connectivity index (χ4v) is 7.10. The second-order valence-electron chi connectivity index (χ2n) is 10.6. The highest BCUT2D eigenvalue weighted by Gasteiger charge is 2.56. The molecule has 1 heterocycles. The first-order valence-corrected chi connectivity index (χ1v) is 12.5. The van der Waals surface area contributed by atoms with E-state index in [0.717, 1.165) is 60.4 Å². The molecule has 2 aromatic carbocycles. The summed E-state index contributed by atoms with van der Waals surface area (Å²) in [4.78, 5) is 13.7. The van der Waals surface area contributed by atoms with Gasteiger partial charge in [-0.2, -0.15) is 5.10 Å². The first-order chi connectivity index (χ1) is 16.5. The van der Waals surface area contributed by atoms with Crippen LogP contribution in [-0.2, 0) is 18.3 Å². The third kappa shape index (κ3) is 3.26. The number of allylic oxidation sites excluding steroid dienone is 1. The molecular weight excluding hydrogens is 420 g/mol. The minimum atomic E-state index is -0.242. The van der Waals surface area contributed by atoms with E-state index in [0.29, 0.717) is 23.5 Å². The first kappa shape index (κ1) is 21.4. The summed E-state index contributed by atoms with van der Waals surface area (Å²) in [7, 11) is 3.71. The number of aromatic nitrogens is 2. The van der Waals surface area contributed by atoms with Crippen LogP contribution in [0, 0.1) is 17.3 Å². The van der Waals surface area contributed by atoms with Crippen LogP contribution in [0.1, 0.15) is 55.3 Å². The van der Waals surface area contributed by atoms with Crippen LogP contribution in [0.15, 0.2) is 60.2 Å². The maximum absolute atomic E-state index is 13.7. The lowest BCUT2D eigenvalue weighted by atomic mass is 9.55. The first-order valence-electron chi connectivity index (χ1n) is 12.5. The number of benzene rings is 2. The molecule has 0 saturated heterocycles. The average molecular weight is 453 g/mol. The van der Waals surface area contributed by atoms with E-state index in [4.69, 9.17) is 9.84 Å². The second kappa shape index (κ2) is 7.97. The summed E-state index contributed by atoms with van der Waals surface area (Å²) in [6.07, 6.45) is 7.24. The number of ketones is 1. The second-order valence-corrected chi connectivity index (χ2v) is 10.6. The summed E-state index contributed by atoms with van der Waals surface area (Å²) in [5.41, 5.74) is 6.73. The summed E-state index contributed by atoms with van der Waals surface area (Å²) in [6.45, 7) is 2.23. The molecule has 0 N–H and O–H groups in total. The normalized spacial score (nSPS) is 29.0. The van der Waals surface area contributed by atoms with E-state index in [1.54, 1.807) is 7.11 Å². The van der Waals surface area contributed by atoms with Gasteiger partial charge in [-0.15, -0.1) is 0 Å². The van der Waals surface area contributed by atoms with E-state index in [-0.39, 0.29) is 5.41 Å². The quantitative estimate of drug-likeness (QED) is 0.444. The predicted octanol–water partition coefficient (Wildman–Crippen LogP) is 6.21. The molecule has 34 heavy (non-hydrogen) atoms. The molecule has 4 nitrogen and oxygen atoms in total. The Morgan fingerprint density at radius 3 is 2.74 bits per heavy atom. The van der Waals surface area contributed by atoms with Crippen LogP contribution in [0.3, 0.4) is 0 Å². The van der Waals surface area contributed by atoms with Crippen molar-refractivity contribution in [2.24, 2.45) is 24.3 Å². The smallest absolute Gasteiger partial charge is 0.165 e. The van der Waals surface area contributed by atoms with Gasteiger partial charge < -0.3 is 4.74 Å². The van der Waals surface area contributed by atoms with Crippen molar-refractivity contribution < 1.29 is 9.53 Å². The highest BCUT2D eigenvalue weighted by atomic mass is 16.5. The Hall–Kier alpha value is -3.14. The van der Waals surface area contributed by atoms with E-state index in [1.165, 1.54) is 11.1 Å². The molecule has 0 bridgehead atoms. The van der Waals surface area contributed by atoms with E-state index < -0.39 is 0 Å². The lowest BCUT2D eigenvalue weighted by Gasteiger charge is -2.48. The van der Waals surface area contributed by atoms with Crippen LogP contribution in [0.25, 0.3) is 17.3 Å². The number of ether oxygens (including phenoxy) is 1. The van der Waals surface area contributed by atoms with Crippen LogP contribution in [-0.4, -0.2) is 22.7 Å². The van der Waals surface area contributed by atoms with Gasteiger partial charge in [-0.25, -0.2) is 0 Å². The number of Topliss-reactive ketones (excluding diaryl/α,β-unsaturated/α-hetero) is 1. The topological polar surface area (TPSA) is 44.1 Å². The van der Waals surface area contributed by atoms with Gasteiger partial charge in [0.05, 0.1) is 18.5 Å². The largest absolute Gasteiger partial charge is 0.497 e. The van der Waals surface area contributed by atoms with Gasteiger partial charge in [-0.05, 0) is 96.4 Å². The zero-order chi connectivity index (χ0) is 23.4. The molecule has 3 aliphatic carbocycles. The van der Waals surface area contributed by atoms with Gasteiger partial charge >= 0.3 is 0 Å². The summed E-state index contributed by atoms with van der Waals surface area (Å²) < 4.78 is 7.38. The zero-order valence-corrected chi connectivity index (χ0v) is 20.3.